The number of anilines is 1. The summed E-state index contributed by atoms with van der Waals surface area (Å²) in [5.41, 5.74) is -0.121. The number of rotatable bonds is 4. The Kier molecular flexibility index (Phi) is 4.29. The van der Waals surface area contributed by atoms with E-state index < -0.39 is 35.3 Å². The molecular formula is C19H13FNO5-. The number of hydrogen-bond acceptors (Lipinski definition) is 4. The summed E-state index contributed by atoms with van der Waals surface area (Å²) in [5, 5.41) is 21.3. The van der Waals surface area contributed by atoms with Crippen LogP contribution in [0.2, 0.25) is 0 Å². The van der Waals surface area contributed by atoms with Crippen LogP contribution in [-0.4, -0.2) is 22.8 Å². The quantitative estimate of drug-likeness (QED) is 0.903. The normalized spacial score (nSPS) is 16.9. The summed E-state index contributed by atoms with van der Waals surface area (Å²) in [7, 11) is 0. The highest BCUT2D eigenvalue weighted by atomic mass is 19.1. The Labute approximate surface area is 147 Å². The second-order valence-electron chi connectivity index (χ2n) is 5.75. The molecule has 0 saturated carbocycles. The van der Waals surface area contributed by atoms with Gasteiger partial charge in [0.25, 0.3) is 0 Å². The number of carbonyl (C=O) groups excluding carboxylic acids is 2. The highest BCUT2D eigenvalue weighted by Crippen LogP contribution is 2.40. The first kappa shape index (κ1) is 17.3. The SMILES string of the molecule is CC(=O)C1=C([O-])C(=O)N(c2ccc(C(=O)O)cc2)[C@@H]1c1ccccc1F. The number of aromatic carboxylic acids is 1. The number of carbonyl (C=O) groups is 3. The maximum absolute atomic E-state index is 14.3. The minimum atomic E-state index is -1.20. The van der Waals surface area contributed by atoms with Crippen molar-refractivity contribution in [2.75, 3.05) is 4.90 Å². The van der Waals surface area contributed by atoms with Crippen LogP contribution >= 0.6 is 0 Å². The first-order valence-corrected chi connectivity index (χ1v) is 7.66. The summed E-state index contributed by atoms with van der Waals surface area (Å²) in [5.74, 6) is -4.39. The van der Waals surface area contributed by atoms with E-state index in [1.54, 1.807) is 0 Å². The Morgan fingerprint density at radius 2 is 1.73 bits per heavy atom. The predicted molar refractivity (Wildman–Crippen MR) is 87.7 cm³/mol. The van der Waals surface area contributed by atoms with Crippen LogP contribution in [0.5, 0.6) is 0 Å². The van der Waals surface area contributed by atoms with E-state index in [0.29, 0.717) is 0 Å². The number of Topliss-reactive ketones (excluding diaryl/α,β-unsaturated/α-hetero) is 1. The largest absolute Gasteiger partial charge is 0.868 e. The van der Waals surface area contributed by atoms with Gasteiger partial charge in [-0.2, -0.15) is 0 Å². The molecule has 1 N–H and O–H groups in total. The van der Waals surface area contributed by atoms with Crippen molar-refractivity contribution in [3.63, 3.8) is 0 Å². The Bertz CT molecular complexity index is 949. The Morgan fingerprint density at radius 3 is 2.27 bits per heavy atom. The van der Waals surface area contributed by atoms with Crippen LogP contribution in [0, 0.1) is 5.82 Å². The molecule has 6 nitrogen and oxygen atoms in total. The third-order valence-corrected chi connectivity index (χ3v) is 4.16. The number of amides is 1. The lowest BCUT2D eigenvalue weighted by Crippen LogP contribution is -2.32. The molecule has 1 amide bonds. The van der Waals surface area contributed by atoms with E-state index in [1.807, 2.05) is 0 Å². The van der Waals surface area contributed by atoms with Crippen LogP contribution in [0.25, 0.3) is 0 Å². The van der Waals surface area contributed by atoms with Crippen molar-refractivity contribution in [1.82, 2.24) is 0 Å². The lowest BCUT2D eigenvalue weighted by molar-refractivity contribution is -0.298. The summed E-state index contributed by atoms with van der Waals surface area (Å²) < 4.78 is 14.3. The summed E-state index contributed by atoms with van der Waals surface area (Å²) in [6, 6.07) is 9.56. The van der Waals surface area contributed by atoms with E-state index in [-0.39, 0.29) is 22.4 Å². The van der Waals surface area contributed by atoms with Crippen LogP contribution < -0.4 is 10.0 Å². The van der Waals surface area contributed by atoms with E-state index in [2.05, 4.69) is 0 Å². The molecule has 26 heavy (non-hydrogen) atoms. The van der Waals surface area contributed by atoms with Gasteiger partial charge in [0.05, 0.1) is 11.6 Å². The fourth-order valence-electron chi connectivity index (χ4n) is 2.97. The maximum atomic E-state index is 14.3. The molecule has 2 aromatic rings. The van der Waals surface area contributed by atoms with Crippen LogP contribution in [-0.2, 0) is 9.59 Å². The Hall–Kier alpha value is -3.48. The summed E-state index contributed by atoms with van der Waals surface area (Å²) in [6.45, 7) is 1.14. The molecule has 0 saturated heterocycles. The van der Waals surface area contributed by atoms with Gasteiger partial charge >= 0.3 is 5.97 Å². The number of carboxylic acids is 1. The third kappa shape index (κ3) is 2.73. The van der Waals surface area contributed by atoms with E-state index in [4.69, 9.17) is 5.11 Å². The molecule has 1 aliphatic heterocycles. The summed E-state index contributed by atoms with van der Waals surface area (Å²) in [4.78, 5) is 36.5. The molecule has 0 fully saturated rings. The fourth-order valence-corrected chi connectivity index (χ4v) is 2.97. The predicted octanol–water partition coefficient (Wildman–Crippen LogP) is 1.82. The van der Waals surface area contributed by atoms with Gasteiger partial charge < -0.3 is 10.2 Å². The van der Waals surface area contributed by atoms with Crippen LogP contribution in [0.4, 0.5) is 10.1 Å². The molecule has 7 heteroatoms. The smallest absolute Gasteiger partial charge is 0.335 e. The number of nitrogens with zero attached hydrogens (tertiary/aromatic N) is 1. The summed E-state index contributed by atoms with van der Waals surface area (Å²) >= 11 is 0. The monoisotopic (exact) mass is 354 g/mol. The van der Waals surface area contributed by atoms with Gasteiger partial charge in [-0.25, -0.2) is 9.18 Å². The standard InChI is InChI=1S/C19H14FNO5/c1-10(22)15-16(13-4-2-3-5-14(13)20)21(18(24)17(15)23)12-8-6-11(7-9-12)19(25)26/h2-9,16,23H,1H3,(H,25,26)/p-1/t16-/m1/s1. The lowest BCUT2D eigenvalue weighted by atomic mass is 9.96. The van der Waals surface area contributed by atoms with Crippen molar-refractivity contribution in [3.05, 3.63) is 76.8 Å². The number of benzene rings is 2. The summed E-state index contributed by atoms with van der Waals surface area (Å²) in [6.07, 6.45) is 0. The number of hydrogen-bond donors (Lipinski definition) is 1. The zero-order valence-corrected chi connectivity index (χ0v) is 13.6. The van der Waals surface area contributed by atoms with Gasteiger partial charge in [0, 0.05) is 16.8 Å². The number of carboxylic acid groups (broad SMARTS) is 1. The fraction of sp³-hybridized carbons (Fsp3) is 0.105. The van der Waals surface area contributed by atoms with Gasteiger partial charge in [0.1, 0.15) is 5.82 Å². The topological polar surface area (TPSA) is 97.7 Å². The van der Waals surface area contributed by atoms with Crippen LogP contribution in [0.3, 0.4) is 0 Å². The van der Waals surface area contributed by atoms with Crippen molar-refractivity contribution in [2.24, 2.45) is 0 Å². The van der Waals surface area contributed by atoms with Crippen molar-refractivity contribution in [2.45, 2.75) is 13.0 Å². The van der Waals surface area contributed by atoms with E-state index in [1.165, 1.54) is 48.5 Å². The van der Waals surface area contributed by atoms with Crippen molar-refractivity contribution >= 4 is 23.3 Å². The minimum absolute atomic E-state index is 0.00932. The third-order valence-electron chi connectivity index (χ3n) is 4.16. The van der Waals surface area contributed by atoms with Crippen LogP contribution in [0.1, 0.15) is 28.9 Å². The van der Waals surface area contributed by atoms with Gasteiger partial charge in [-0.05, 0) is 43.0 Å². The zero-order valence-electron chi connectivity index (χ0n) is 13.6. The molecule has 2 aromatic carbocycles. The molecule has 0 spiro atoms. The Balaban J connectivity index is 2.17. The number of halogens is 1. The van der Waals surface area contributed by atoms with E-state index >= 15 is 0 Å². The van der Waals surface area contributed by atoms with Crippen molar-refractivity contribution in [1.29, 1.82) is 0 Å². The second kappa shape index (κ2) is 6.44. The van der Waals surface area contributed by atoms with Gasteiger partial charge in [0.2, 0.25) is 5.91 Å². The molecule has 0 unspecified atom stereocenters. The molecule has 1 atom stereocenters. The van der Waals surface area contributed by atoms with E-state index in [0.717, 1.165) is 11.8 Å². The first-order chi connectivity index (χ1) is 12.3. The van der Waals surface area contributed by atoms with E-state index in [9.17, 15) is 23.9 Å². The molecule has 0 radical (unpaired) electrons. The average molecular weight is 354 g/mol. The average Bonchev–Trinajstić information content (AvgIpc) is 2.87. The molecule has 3 rings (SSSR count). The maximum Gasteiger partial charge on any atom is 0.335 e. The van der Waals surface area contributed by atoms with Gasteiger partial charge in [-0.1, -0.05) is 18.2 Å². The second-order valence-corrected chi connectivity index (χ2v) is 5.75. The lowest BCUT2D eigenvalue weighted by Gasteiger charge is -2.28. The first-order valence-electron chi connectivity index (χ1n) is 7.66. The molecule has 1 heterocycles. The highest BCUT2D eigenvalue weighted by molar-refractivity contribution is 6.15. The molecule has 0 aliphatic carbocycles. The molecule has 0 bridgehead atoms. The van der Waals surface area contributed by atoms with Gasteiger partial charge in [0.15, 0.2) is 5.78 Å². The molecule has 0 aromatic heterocycles. The van der Waals surface area contributed by atoms with Crippen LogP contribution in [0.15, 0.2) is 59.9 Å². The van der Waals surface area contributed by atoms with Gasteiger partial charge in [-0.15, -0.1) is 0 Å². The number of ketones is 1. The van der Waals surface area contributed by atoms with Crippen molar-refractivity contribution < 1.29 is 29.0 Å². The van der Waals surface area contributed by atoms with Crippen molar-refractivity contribution in [3.8, 4) is 0 Å². The molecular weight excluding hydrogens is 341 g/mol. The molecule has 132 valence electrons. The Morgan fingerprint density at radius 1 is 1.12 bits per heavy atom. The van der Waals surface area contributed by atoms with Gasteiger partial charge in [-0.3, -0.25) is 14.5 Å². The minimum Gasteiger partial charge on any atom is -0.868 e. The zero-order chi connectivity index (χ0) is 19.0. The highest BCUT2D eigenvalue weighted by Gasteiger charge is 2.40. The molecule has 1 aliphatic rings.